The molecule has 1 saturated heterocycles. The standard InChI is InChI=1S/C17H22N4O2/c1-13(17(18)22)21-12-16(10-19-21)15-4-2-3-14(9-15)11-20-5-7-23-8-6-20/h2-4,9-10,12-13H,5-8,11H2,1H3,(H2,18,22)/t13-/m1/s1. The minimum absolute atomic E-state index is 0.388. The number of primary amides is 1. The van der Waals surface area contributed by atoms with Crippen LogP contribution in [0.15, 0.2) is 36.7 Å². The van der Waals surface area contributed by atoms with Crippen LogP contribution in [0.3, 0.4) is 0 Å². The number of aromatic nitrogens is 2. The second-order valence-corrected chi connectivity index (χ2v) is 5.88. The van der Waals surface area contributed by atoms with Gasteiger partial charge >= 0.3 is 0 Å². The van der Waals surface area contributed by atoms with Crippen molar-refractivity contribution in [2.45, 2.75) is 19.5 Å². The van der Waals surface area contributed by atoms with Gasteiger partial charge in [-0.15, -0.1) is 0 Å². The highest BCUT2D eigenvalue weighted by Gasteiger charge is 2.14. The molecule has 122 valence electrons. The molecule has 1 aliphatic heterocycles. The van der Waals surface area contributed by atoms with Crippen LogP contribution in [-0.2, 0) is 16.1 Å². The molecule has 0 unspecified atom stereocenters. The van der Waals surface area contributed by atoms with E-state index in [0.29, 0.717) is 0 Å². The number of amides is 1. The number of hydrogen-bond donors (Lipinski definition) is 1. The third-order valence-corrected chi connectivity index (χ3v) is 4.18. The lowest BCUT2D eigenvalue weighted by atomic mass is 10.1. The molecule has 0 saturated carbocycles. The molecule has 2 heterocycles. The van der Waals surface area contributed by atoms with Crippen molar-refractivity contribution in [2.24, 2.45) is 5.73 Å². The topological polar surface area (TPSA) is 73.4 Å². The van der Waals surface area contributed by atoms with Gasteiger partial charge in [0.2, 0.25) is 5.91 Å². The van der Waals surface area contributed by atoms with E-state index in [0.717, 1.165) is 44.0 Å². The molecule has 23 heavy (non-hydrogen) atoms. The maximum absolute atomic E-state index is 11.3. The molecule has 1 aromatic heterocycles. The Labute approximate surface area is 135 Å². The van der Waals surface area contributed by atoms with Gasteiger partial charge < -0.3 is 10.5 Å². The van der Waals surface area contributed by atoms with E-state index < -0.39 is 6.04 Å². The Morgan fingerprint density at radius 2 is 2.13 bits per heavy atom. The monoisotopic (exact) mass is 314 g/mol. The molecular weight excluding hydrogens is 292 g/mol. The molecule has 6 nitrogen and oxygen atoms in total. The molecule has 1 amide bonds. The number of rotatable bonds is 5. The Kier molecular flexibility index (Phi) is 4.73. The number of benzene rings is 1. The van der Waals surface area contributed by atoms with Crippen LogP contribution in [0.1, 0.15) is 18.5 Å². The summed E-state index contributed by atoms with van der Waals surface area (Å²) in [5, 5.41) is 4.25. The van der Waals surface area contributed by atoms with E-state index in [1.54, 1.807) is 17.8 Å². The van der Waals surface area contributed by atoms with E-state index in [1.807, 2.05) is 6.20 Å². The second kappa shape index (κ2) is 6.93. The first kappa shape index (κ1) is 15.7. The van der Waals surface area contributed by atoms with Crippen molar-refractivity contribution >= 4 is 5.91 Å². The van der Waals surface area contributed by atoms with Gasteiger partial charge in [0.1, 0.15) is 6.04 Å². The van der Waals surface area contributed by atoms with E-state index in [4.69, 9.17) is 10.5 Å². The molecular formula is C17H22N4O2. The highest BCUT2D eigenvalue weighted by atomic mass is 16.5. The van der Waals surface area contributed by atoms with Crippen LogP contribution in [0.5, 0.6) is 0 Å². The fourth-order valence-electron chi connectivity index (χ4n) is 2.70. The Morgan fingerprint density at radius 3 is 2.87 bits per heavy atom. The summed E-state index contributed by atoms with van der Waals surface area (Å²) < 4.78 is 6.99. The largest absolute Gasteiger partial charge is 0.379 e. The fraction of sp³-hybridized carbons (Fsp3) is 0.412. The zero-order chi connectivity index (χ0) is 16.2. The summed E-state index contributed by atoms with van der Waals surface area (Å²) in [4.78, 5) is 13.7. The predicted octanol–water partition coefficient (Wildman–Crippen LogP) is 1.43. The summed E-state index contributed by atoms with van der Waals surface area (Å²) in [7, 11) is 0. The van der Waals surface area contributed by atoms with Gasteiger partial charge in [-0.25, -0.2) is 0 Å². The third kappa shape index (κ3) is 3.78. The van der Waals surface area contributed by atoms with Crippen LogP contribution in [-0.4, -0.2) is 46.9 Å². The first-order chi connectivity index (χ1) is 11.1. The van der Waals surface area contributed by atoms with E-state index in [9.17, 15) is 4.79 Å². The molecule has 1 aromatic carbocycles. The van der Waals surface area contributed by atoms with Crippen LogP contribution in [0.4, 0.5) is 0 Å². The van der Waals surface area contributed by atoms with Gasteiger partial charge in [-0.2, -0.15) is 5.10 Å². The summed E-state index contributed by atoms with van der Waals surface area (Å²) in [5.41, 5.74) is 8.68. The average molecular weight is 314 g/mol. The fourth-order valence-corrected chi connectivity index (χ4v) is 2.70. The molecule has 6 heteroatoms. The number of hydrogen-bond acceptors (Lipinski definition) is 4. The summed E-state index contributed by atoms with van der Waals surface area (Å²) in [6.45, 7) is 6.21. The van der Waals surface area contributed by atoms with E-state index in [1.165, 1.54) is 5.56 Å². The number of morpholine rings is 1. The Bertz CT molecular complexity index is 677. The molecule has 2 N–H and O–H groups in total. The summed E-state index contributed by atoms with van der Waals surface area (Å²) >= 11 is 0. The smallest absolute Gasteiger partial charge is 0.241 e. The minimum Gasteiger partial charge on any atom is -0.379 e. The summed E-state index contributed by atoms with van der Waals surface area (Å²) in [6, 6.07) is 7.97. The second-order valence-electron chi connectivity index (χ2n) is 5.88. The average Bonchev–Trinajstić information content (AvgIpc) is 3.05. The molecule has 1 atom stereocenters. The van der Waals surface area contributed by atoms with Crippen LogP contribution >= 0.6 is 0 Å². The van der Waals surface area contributed by atoms with Crippen molar-refractivity contribution < 1.29 is 9.53 Å². The first-order valence-corrected chi connectivity index (χ1v) is 7.86. The number of nitrogens with two attached hydrogens (primary N) is 1. The van der Waals surface area contributed by atoms with Crippen molar-refractivity contribution in [1.29, 1.82) is 0 Å². The van der Waals surface area contributed by atoms with Gasteiger partial charge in [0, 0.05) is 31.4 Å². The lowest BCUT2D eigenvalue weighted by Crippen LogP contribution is -2.35. The molecule has 0 bridgehead atoms. The van der Waals surface area contributed by atoms with Crippen molar-refractivity contribution in [2.75, 3.05) is 26.3 Å². The maximum atomic E-state index is 11.3. The van der Waals surface area contributed by atoms with E-state index in [2.05, 4.69) is 34.3 Å². The van der Waals surface area contributed by atoms with Crippen LogP contribution in [0.25, 0.3) is 11.1 Å². The van der Waals surface area contributed by atoms with Crippen molar-refractivity contribution in [1.82, 2.24) is 14.7 Å². The summed E-state index contributed by atoms with van der Waals surface area (Å²) in [5.74, 6) is -0.388. The number of nitrogens with zero attached hydrogens (tertiary/aromatic N) is 3. The molecule has 0 aliphatic carbocycles. The van der Waals surface area contributed by atoms with Crippen molar-refractivity contribution in [3.8, 4) is 11.1 Å². The number of ether oxygens (including phenoxy) is 1. The molecule has 1 fully saturated rings. The zero-order valence-corrected chi connectivity index (χ0v) is 13.3. The van der Waals surface area contributed by atoms with E-state index in [-0.39, 0.29) is 5.91 Å². The summed E-state index contributed by atoms with van der Waals surface area (Å²) in [6.07, 6.45) is 3.64. The lowest BCUT2D eigenvalue weighted by molar-refractivity contribution is -0.120. The normalized spacial score (nSPS) is 17.1. The van der Waals surface area contributed by atoms with Gasteiger partial charge in [0.25, 0.3) is 0 Å². The van der Waals surface area contributed by atoms with Gasteiger partial charge in [-0.05, 0) is 24.1 Å². The third-order valence-electron chi connectivity index (χ3n) is 4.18. The SMILES string of the molecule is C[C@H](C(N)=O)n1cc(-c2cccc(CN3CCOCC3)c2)cn1. The molecule has 0 spiro atoms. The maximum Gasteiger partial charge on any atom is 0.241 e. The molecule has 0 radical (unpaired) electrons. The van der Waals surface area contributed by atoms with Crippen LogP contribution < -0.4 is 5.73 Å². The number of carbonyl (C=O) groups is 1. The van der Waals surface area contributed by atoms with Crippen molar-refractivity contribution in [3.63, 3.8) is 0 Å². The first-order valence-electron chi connectivity index (χ1n) is 7.86. The lowest BCUT2D eigenvalue weighted by Gasteiger charge is -2.26. The quantitative estimate of drug-likeness (QED) is 0.906. The van der Waals surface area contributed by atoms with E-state index >= 15 is 0 Å². The zero-order valence-electron chi connectivity index (χ0n) is 13.3. The number of carbonyl (C=O) groups excluding carboxylic acids is 1. The Morgan fingerprint density at radius 1 is 1.35 bits per heavy atom. The molecule has 2 aromatic rings. The highest BCUT2D eigenvalue weighted by molar-refractivity contribution is 5.78. The van der Waals surface area contributed by atoms with Crippen molar-refractivity contribution in [3.05, 3.63) is 42.2 Å². The van der Waals surface area contributed by atoms with Gasteiger partial charge in [0.15, 0.2) is 0 Å². The molecule has 3 rings (SSSR count). The highest BCUT2D eigenvalue weighted by Crippen LogP contribution is 2.22. The van der Waals surface area contributed by atoms with Gasteiger partial charge in [0.05, 0.1) is 19.4 Å². The molecule has 1 aliphatic rings. The predicted molar refractivity (Wildman–Crippen MR) is 87.7 cm³/mol. The van der Waals surface area contributed by atoms with Crippen LogP contribution in [0.2, 0.25) is 0 Å². The minimum atomic E-state index is -0.444. The Hall–Kier alpha value is -2.18. The van der Waals surface area contributed by atoms with Gasteiger partial charge in [-0.1, -0.05) is 18.2 Å². The van der Waals surface area contributed by atoms with Gasteiger partial charge in [-0.3, -0.25) is 14.4 Å². The van der Waals surface area contributed by atoms with Crippen LogP contribution in [0, 0.1) is 0 Å². The Balaban J connectivity index is 1.75.